The minimum absolute atomic E-state index is 0.0449. The molecule has 1 aliphatic carbocycles. The number of nitrogens with one attached hydrogen (secondary N) is 1. The Bertz CT molecular complexity index is 813. The van der Waals surface area contributed by atoms with Crippen LogP contribution in [0.3, 0.4) is 0 Å². The molecule has 27 heavy (non-hydrogen) atoms. The fourth-order valence-corrected chi connectivity index (χ4v) is 4.49. The Labute approximate surface area is 160 Å². The molecule has 0 radical (unpaired) electrons. The van der Waals surface area contributed by atoms with Crippen LogP contribution in [-0.4, -0.2) is 35.8 Å². The molecule has 4 nitrogen and oxygen atoms in total. The molecule has 1 saturated carbocycles. The fraction of sp³-hybridized carbons (Fsp3) is 0.478. The summed E-state index contributed by atoms with van der Waals surface area (Å²) in [6.07, 6.45) is 7.49. The summed E-state index contributed by atoms with van der Waals surface area (Å²) in [5, 5.41) is 5.34. The van der Waals surface area contributed by atoms with Crippen molar-refractivity contribution in [2.75, 3.05) is 13.1 Å². The molecule has 2 fully saturated rings. The van der Waals surface area contributed by atoms with Gasteiger partial charge in [-0.05, 0) is 42.5 Å². The topological polar surface area (TPSA) is 49.4 Å². The zero-order chi connectivity index (χ0) is 18.6. The highest BCUT2D eigenvalue weighted by Crippen LogP contribution is 2.24. The molecule has 0 unspecified atom stereocenters. The normalized spacial score (nSPS) is 19.2. The summed E-state index contributed by atoms with van der Waals surface area (Å²) >= 11 is 0. The molecule has 1 aliphatic heterocycles. The second kappa shape index (κ2) is 8.12. The third-order valence-electron chi connectivity index (χ3n) is 6.12. The van der Waals surface area contributed by atoms with Crippen molar-refractivity contribution >= 4 is 22.6 Å². The SMILES string of the molecule is O=C(NC1CCCCC1)C1CCN(C(=O)c2cccc3ccccc23)CC1. The number of nitrogens with zero attached hydrogens (tertiary/aromatic N) is 1. The van der Waals surface area contributed by atoms with Crippen molar-refractivity contribution in [3.63, 3.8) is 0 Å². The molecule has 2 aromatic rings. The van der Waals surface area contributed by atoms with Gasteiger partial charge in [-0.15, -0.1) is 0 Å². The Balaban J connectivity index is 1.37. The standard InChI is InChI=1S/C23H28N2O2/c26-22(24-19-9-2-1-3-10-19)18-13-15-25(16-14-18)23(27)21-12-6-8-17-7-4-5-11-20(17)21/h4-8,11-12,18-19H,1-3,9-10,13-16H2,(H,24,26). The van der Waals surface area contributed by atoms with E-state index in [2.05, 4.69) is 5.32 Å². The molecule has 0 bridgehead atoms. The van der Waals surface area contributed by atoms with E-state index in [1.165, 1.54) is 19.3 Å². The van der Waals surface area contributed by atoms with Gasteiger partial charge in [0.15, 0.2) is 0 Å². The Kier molecular flexibility index (Phi) is 5.42. The predicted molar refractivity (Wildman–Crippen MR) is 108 cm³/mol. The van der Waals surface area contributed by atoms with Gasteiger partial charge in [0, 0.05) is 30.6 Å². The Morgan fingerprint density at radius 2 is 1.56 bits per heavy atom. The lowest BCUT2D eigenvalue weighted by atomic mass is 9.92. The van der Waals surface area contributed by atoms with E-state index in [0.29, 0.717) is 19.1 Å². The number of amides is 2. The zero-order valence-corrected chi connectivity index (χ0v) is 15.8. The first-order valence-corrected chi connectivity index (χ1v) is 10.3. The lowest BCUT2D eigenvalue weighted by Crippen LogP contribution is -2.45. The number of fused-ring (bicyclic) bond motifs is 1. The van der Waals surface area contributed by atoms with Crippen LogP contribution in [0.4, 0.5) is 0 Å². The molecule has 4 rings (SSSR count). The summed E-state index contributed by atoms with van der Waals surface area (Å²) in [4.78, 5) is 27.5. The number of carbonyl (C=O) groups is 2. The van der Waals surface area contributed by atoms with Crippen molar-refractivity contribution < 1.29 is 9.59 Å². The molecule has 4 heteroatoms. The molecule has 0 spiro atoms. The van der Waals surface area contributed by atoms with Crippen LogP contribution in [0.1, 0.15) is 55.3 Å². The van der Waals surface area contributed by atoms with Crippen molar-refractivity contribution in [3.05, 3.63) is 48.0 Å². The summed E-state index contributed by atoms with van der Waals surface area (Å²) in [7, 11) is 0. The third kappa shape index (κ3) is 4.00. The van der Waals surface area contributed by atoms with E-state index >= 15 is 0 Å². The number of carbonyl (C=O) groups excluding carboxylic acids is 2. The zero-order valence-electron chi connectivity index (χ0n) is 15.8. The average Bonchev–Trinajstić information content (AvgIpc) is 2.73. The number of rotatable bonds is 3. The summed E-state index contributed by atoms with van der Waals surface area (Å²) in [6, 6.07) is 14.3. The van der Waals surface area contributed by atoms with Gasteiger partial charge in [-0.3, -0.25) is 9.59 Å². The summed E-state index contributed by atoms with van der Waals surface area (Å²) in [5.74, 6) is 0.320. The van der Waals surface area contributed by atoms with Crippen LogP contribution in [0.15, 0.2) is 42.5 Å². The maximum Gasteiger partial charge on any atom is 0.254 e. The van der Waals surface area contributed by atoms with Crippen LogP contribution in [0, 0.1) is 5.92 Å². The smallest absolute Gasteiger partial charge is 0.254 e. The van der Waals surface area contributed by atoms with Crippen molar-refractivity contribution in [1.82, 2.24) is 10.2 Å². The lowest BCUT2D eigenvalue weighted by molar-refractivity contribution is -0.127. The molecule has 2 aromatic carbocycles. The van der Waals surface area contributed by atoms with Crippen LogP contribution in [0.25, 0.3) is 10.8 Å². The van der Waals surface area contributed by atoms with E-state index in [1.54, 1.807) is 0 Å². The molecule has 0 atom stereocenters. The second-order valence-corrected chi connectivity index (χ2v) is 7.94. The number of hydrogen-bond acceptors (Lipinski definition) is 2. The van der Waals surface area contributed by atoms with Crippen LogP contribution in [0.5, 0.6) is 0 Å². The summed E-state index contributed by atoms with van der Waals surface area (Å²) in [5.41, 5.74) is 0.762. The van der Waals surface area contributed by atoms with E-state index < -0.39 is 0 Å². The number of piperidine rings is 1. The second-order valence-electron chi connectivity index (χ2n) is 7.94. The van der Waals surface area contributed by atoms with Gasteiger partial charge in [-0.1, -0.05) is 55.7 Å². The Morgan fingerprint density at radius 1 is 0.852 bits per heavy atom. The molecule has 2 amide bonds. The van der Waals surface area contributed by atoms with Crippen LogP contribution in [0.2, 0.25) is 0 Å². The minimum atomic E-state index is 0.0449. The fourth-order valence-electron chi connectivity index (χ4n) is 4.49. The van der Waals surface area contributed by atoms with E-state index in [-0.39, 0.29) is 17.7 Å². The van der Waals surface area contributed by atoms with Gasteiger partial charge in [0.2, 0.25) is 5.91 Å². The summed E-state index contributed by atoms with van der Waals surface area (Å²) < 4.78 is 0. The van der Waals surface area contributed by atoms with E-state index in [4.69, 9.17) is 0 Å². The highest BCUT2D eigenvalue weighted by molar-refractivity contribution is 6.07. The average molecular weight is 364 g/mol. The Morgan fingerprint density at radius 3 is 2.33 bits per heavy atom. The van der Waals surface area contributed by atoms with Crippen LogP contribution >= 0.6 is 0 Å². The maximum absolute atomic E-state index is 13.0. The quantitative estimate of drug-likeness (QED) is 0.890. The first kappa shape index (κ1) is 18.0. The van der Waals surface area contributed by atoms with Crippen molar-refractivity contribution in [2.24, 2.45) is 5.92 Å². The monoisotopic (exact) mass is 364 g/mol. The van der Waals surface area contributed by atoms with Gasteiger partial charge in [-0.25, -0.2) is 0 Å². The molecule has 1 saturated heterocycles. The van der Waals surface area contributed by atoms with Crippen molar-refractivity contribution in [1.29, 1.82) is 0 Å². The molecular weight excluding hydrogens is 336 g/mol. The van der Waals surface area contributed by atoms with E-state index in [1.807, 2.05) is 47.4 Å². The molecule has 1 heterocycles. The van der Waals surface area contributed by atoms with Crippen LogP contribution < -0.4 is 5.32 Å². The van der Waals surface area contributed by atoms with Gasteiger partial charge < -0.3 is 10.2 Å². The van der Waals surface area contributed by atoms with Gasteiger partial charge in [0.1, 0.15) is 0 Å². The first-order valence-electron chi connectivity index (χ1n) is 10.3. The molecule has 0 aromatic heterocycles. The van der Waals surface area contributed by atoms with Crippen LogP contribution in [-0.2, 0) is 4.79 Å². The van der Waals surface area contributed by atoms with Gasteiger partial charge in [-0.2, -0.15) is 0 Å². The largest absolute Gasteiger partial charge is 0.353 e. The number of likely N-dealkylation sites (tertiary alicyclic amines) is 1. The molecule has 1 N–H and O–H groups in total. The predicted octanol–water partition coefficient (Wildman–Crippen LogP) is 4.14. The van der Waals surface area contributed by atoms with Gasteiger partial charge >= 0.3 is 0 Å². The number of benzene rings is 2. The summed E-state index contributed by atoms with van der Waals surface area (Å²) in [6.45, 7) is 1.32. The maximum atomic E-state index is 13.0. The minimum Gasteiger partial charge on any atom is -0.353 e. The van der Waals surface area contributed by atoms with E-state index in [9.17, 15) is 9.59 Å². The molecule has 142 valence electrons. The van der Waals surface area contributed by atoms with Crippen molar-refractivity contribution in [3.8, 4) is 0 Å². The van der Waals surface area contributed by atoms with E-state index in [0.717, 1.165) is 42.0 Å². The molecule has 2 aliphatic rings. The van der Waals surface area contributed by atoms with Gasteiger partial charge in [0.05, 0.1) is 0 Å². The highest BCUT2D eigenvalue weighted by atomic mass is 16.2. The number of hydrogen-bond donors (Lipinski definition) is 1. The Hall–Kier alpha value is -2.36. The first-order chi connectivity index (χ1) is 13.2. The third-order valence-corrected chi connectivity index (χ3v) is 6.12. The lowest BCUT2D eigenvalue weighted by Gasteiger charge is -2.33. The highest BCUT2D eigenvalue weighted by Gasteiger charge is 2.29. The molecular formula is C23H28N2O2. The van der Waals surface area contributed by atoms with Gasteiger partial charge in [0.25, 0.3) is 5.91 Å². The van der Waals surface area contributed by atoms with Crippen molar-refractivity contribution in [2.45, 2.75) is 51.0 Å².